The van der Waals surface area contributed by atoms with Crippen molar-refractivity contribution in [1.82, 2.24) is 0 Å². The second-order valence-corrected chi connectivity index (χ2v) is 2.71. The molecule has 0 aliphatic heterocycles. The van der Waals surface area contributed by atoms with E-state index in [1.807, 2.05) is 0 Å². The van der Waals surface area contributed by atoms with E-state index >= 15 is 0 Å². The zero-order valence-electron chi connectivity index (χ0n) is 8.35. The van der Waals surface area contributed by atoms with Crippen molar-refractivity contribution in [2.45, 2.75) is 6.61 Å². The van der Waals surface area contributed by atoms with E-state index in [-0.39, 0.29) is 22.7 Å². The number of methoxy groups -OCH3 is 2. The number of hydrogen-bond acceptors (Lipinski definition) is 4. The van der Waals surface area contributed by atoms with E-state index in [9.17, 15) is 15.2 Å². The predicted octanol–water partition coefficient (Wildman–Crippen LogP) is 1.54. The summed E-state index contributed by atoms with van der Waals surface area (Å²) in [6.07, 6.45) is 0. The summed E-state index contributed by atoms with van der Waals surface area (Å²) in [7, 11) is 2.66. The Morgan fingerprint density at radius 1 is 1.33 bits per heavy atom. The largest absolute Gasteiger partial charge is 0.493 e. The molecule has 0 heterocycles. The summed E-state index contributed by atoms with van der Waals surface area (Å²) < 4.78 is 9.76. The average Bonchev–Trinajstić information content (AvgIpc) is 2.26. The van der Waals surface area contributed by atoms with Gasteiger partial charge in [-0.25, -0.2) is 5.11 Å². The molecule has 6 heteroatoms. The lowest BCUT2D eigenvalue weighted by Crippen LogP contribution is -2.00. The van der Waals surface area contributed by atoms with E-state index in [2.05, 4.69) is 0 Å². The van der Waals surface area contributed by atoms with Gasteiger partial charge in [-0.15, -0.1) is 0 Å². The second-order valence-electron chi connectivity index (χ2n) is 2.71. The SMILES string of the molecule is COc1ccc(C[O])c([N+](=O)[O-])c1OC. The van der Waals surface area contributed by atoms with Crippen molar-refractivity contribution in [1.29, 1.82) is 0 Å². The van der Waals surface area contributed by atoms with Crippen LogP contribution < -0.4 is 9.47 Å². The molecule has 1 radical (unpaired) electrons. The van der Waals surface area contributed by atoms with Gasteiger partial charge in [-0.3, -0.25) is 10.1 Å². The van der Waals surface area contributed by atoms with Gasteiger partial charge in [-0.2, -0.15) is 0 Å². The normalized spacial score (nSPS) is 9.80. The van der Waals surface area contributed by atoms with Crippen LogP contribution in [0.5, 0.6) is 11.5 Å². The molecule has 1 aromatic carbocycles. The summed E-state index contributed by atoms with van der Waals surface area (Å²) in [6.45, 7) is -0.670. The summed E-state index contributed by atoms with van der Waals surface area (Å²) >= 11 is 0. The van der Waals surface area contributed by atoms with Gasteiger partial charge in [0.2, 0.25) is 5.75 Å². The summed E-state index contributed by atoms with van der Waals surface area (Å²) in [5.41, 5.74) is -0.246. The minimum Gasteiger partial charge on any atom is -0.493 e. The molecule has 1 aromatic rings. The van der Waals surface area contributed by atoms with Gasteiger partial charge >= 0.3 is 5.69 Å². The molecule has 0 unspecified atom stereocenters. The van der Waals surface area contributed by atoms with Crippen molar-refractivity contribution >= 4 is 5.69 Å². The Hall–Kier alpha value is -1.82. The third-order valence-electron chi connectivity index (χ3n) is 1.94. The molecule has 0 amide bonds. The summed E-state index contributed by atoms with van der Waals surface area (Å²) in [4.78, 5) is 10.1. The first kappa shape index (κ1) is 11.3. The molecular formula is C9H10NO5. The van der Waals surface area contributed by atoms with Crippen LogP contribution in [0.25, 0.3) is 0 Å². The Morgan fingerprint density at radius 2 is 2.00 bits per heavy atom. The number of nitro benzene ring substituents is 1. The number of nitro groups is 1. The minimum absolute atomic E-state index is 0.0177. The van der Waals surface area contributed by atoms with Gasteiger partial charge in [-0.05, 0) is 12.1 Å². The van der Waals surface area contributed by atoms with Gasteiger partial charge in [0.25, 0.3) is 0 Å². The van der Waals surface area contributed by atoms with Crippen molar-refractivity contribution in [2.24, 2.45) is 0 Å². The van der Waals surface area contributed by atoms with Gasteiger partial charge in [0.05, 0.1) is 24.7 Å². The molecule has 15 heavy (non-hydrogen) atoms. The first-order valence-corrected chi connectivity index (χ1v) is 4.12. The van der Waals surface area contributed by atoms with Crippen LogP contribution in [0.4, 0.5) is 5.69 Å². The van der Waals surface area contributed by atoms with Crippen LogP contribution >= 0.6 is 0 Å². The molecule has 0 aliphatic rings. The fourth-order valence-corrected chi connectivity index (χ4v) is 1.27. The molecule has 0 aliphatic carbocycles. The highest BCUT2D eigenvalue weighted by molar-refractivity contribution is 5.60. The molecule has 0 N–H and O–H groups in total. The first-order valence-electron chi connectivity index (χ1n) is 4.12. The number of benzene rings is 1. The minimum atomic E-state index is -0.670. The first-order chi connectivity index (χ1) is 7.15. The fourth-order valence-electron chi connectivity index (χ4n) is 1.27. The second kappa shape index (κ2) is 4.61. The zero-order chi connectivity index (χ0) is 11.4. The third-order valence-corrected chi connectivity index (χ3v) is 1.94. The summed E-state index contributed by atoms with van der Waals surface area (Å²) in [5.74, 6) is 0.220. The van der Waals surface area contributed by atoms with Crippen LogP contribution in [0.15, 0.2) is 12.1 Å². The lowest BCUT2D eigenvalue weighted by atomic mass is 10.1. The quantitative estimate of drug-likeness (QED) is 0.560. The van der Waals surface area contributed by atoms with Crippen LogP contribution in [0.2, 0.25) is 0 Å². The Balaban J connectivity index is 3.44. The van der Waals surface area contributed by atoms with Crippen LogP contribution in [0.1, 0.15) is 5.56 Å². The summed E-state index contributed by atoms with van der Waals surface area (Å²) in [5, 5.41) is 21.5. The molecule has 6 nitrogen and oxygen atoms in total. The Labute approximate surface area is 86.2 Å². The van der Waals surface area contributed by atoms with Crippen molar-refractivity contribution < 1.29 is 19.5 Å². The molecule has 81 valence electrons. The topological polar surface area (TPSA) is 81.5 Å². The van der Waals surface area contributed by atoms with Gasteiger partial charge in [0.15, 0.2) is 5.75 Å². The van der Waals surface area contributed by atoms with E-state index in [0.717, 1.165) is 0 Å². The van der Waals surface area contributed by atoms with E-state index < -0.39 is 11.5 Å². The predicted molar refractivity (Wildman–Crippen MR) is 50.6 cm³/mol. The van der Waals surface area contributed by atoms with E-state index in [0.29, 0.717) is 0 Å². The lowest BCUT2D eigenvalue weighted by Gasteiger charge is -2.09. The molecule has 1 rings (SSSR count). The van der Waals surface area contributed by atoms with Crippen LogP contribution in [-0.4, -0.2) is 19.1 Å². The van der Waals surface area contributed by atoms with E-state index in [4.69, 9.17) is 9.47 Å². The molecule has 0 fully saturated rings. The molecule has 0 saturated carbocycles. The van der Waals surface area contributed by atoms with E-state index in [1.54, 1.807) is 0 Å². The van der Waals surface area contributed by atoms with Gasteiger partial charge in [0.1, 0.15) is 6.61 Å². The number of ether oxygens (including phenoxy) is 2. The molecular weight excluding hydrogens is 202 g/mol. The average molecular weight is 212 g/mol. The van der Waals surface area contributed by atoms with Crippen LogP contribution in [0, 0.1) is 10.1 Å². The Bertz CT molecular complexity index is 377. The van der Waals surface area contributed by atoms with Gasteiger partial charge in [-0.1, -0.05) is 0 Å². The highest BCUT2D eigenvalue weighted by atomic mass is 16.6. The maximum Gasteiger partial charge on any atom is 0.320 e. The zero-order valence-corrected chi connectivity index (χ0v) is 8.35. The maximum absolute atomic E-state index is 10.8. The monoisotopic (exact) mass is 212 g/mol. The highest BCUT2D eigenvalue weighted by Gasteiger charge is 2.24. The van der Waals surface area contributed by atoms with Crippen molar-refractivity contribution in [3.8, 4) is 11.5 Å². The molecule has 0 aromatic heterocycles. The molecule has 0 saturated heterocycles. The Morgan fingerprint density at radius 3 is 2.40 bits per heavy atom. The smallest absolute Gasteiger partial charge is 0.320 e. The molecule has 0 atom stereocenters. The van der Waals surface area contributed by atoms with Crippen molar-refractivity contribution in [3.63, 3.8) is 0 Å². The molecule has 0 spiro atoms. The van der Waals surface area contributed by atoms with Crippen LogP contribution in [0.3, 0.4) is 0 Å². The Kier molecular flexibility index (Phi) is 3.46. The maximum atomic E-state index is 10.8. The van der Waals surface area contributed by atoms with Crippen LogP contribution in [-0.2, 0) is 11.7 Å². The lowest BCUT2D eigenvalue weighted by molar-refractivity contribution is -0.386. The fraction of sp³-hybridized carbons (Fsp3) is 0.333. The van der Waals surface area contributed by atoms with Crippen molar-refractivity contribution in [2.75, 3.05) is 14.2 Å². The van der Waals surface area contributed by atoms with Gasteiger partial charge in [0, 0.05) is 0 Å². The van der Waals surface area contributed by atoms with E-state index in [1.165, 1.54) is 26.4 Å². The standard InChI is InChI=1S/C9H10NO5/c1-14-7-4-3-6(5-11)8(10(12)13)9(7)15-2/h3-4H,5H2,1-2H3. The third kappa shape index (κ3) is 1.99. The number of hydrogen-bond donors (Lipinski definition) is 0. The molecule has 0 bridgehead atoms. The number of rotatable bonds is 4. The highest BCUT2D eigenvalue weighted by Crippen LogP contribution is 2.39. The number of nitrogens with zero attached hydrogens (tertiary/aromatic N) is 1. The van der Waals surface area contributed by atoms with Gasteiger partial charge < -0.3 is 9.47 Å². The van der Waals surface area contributed by atoms with Crippen molar-refractivity contribution in [3.05, 3.63) is 27.8 Å². The summed E-state index contributed by atoms with van der Waals surface area (Å²) in [6, 6.07) is 2.84.